The predicted molar refractivity (Wildman–Crippen MR) is 69.3 cm³/mol. The van der Waals surface area contributed by atoms with Crippen molar-refractivity contribution in [2.75, 3.05) is 25.1 Å². The second kappa shape index (κ2) is 5.52. The smallest absolute Gasteiger partial charge is 0.0702 e. The average Bonchev–Trinajstić information content (AvgIpc) is 2.39. The molecular weight excluding hydrogens is 214 g/mol. The summed E-state index contributed by atoms with van der Waals surface area (Å²) in [6.45, 7) is 4.18. The van der Waals surface area contributed by atoms with Crippen LogP contribution < -0.4 is 4.90 Å². The van der Waals surface area contributed by atoms with Crippen LogP contribution in [-0.4, -0.2) is 31.4 Å². The van der Waals surface area contributed by atoms with Crippen LogP contribution in [0.4, 0.5) is 5.69 Å². The SMILES string of the molecule is COC1CCN(c2ccc(C)cc2CO)CC1. The topological polar surface area (TPSA) is 32.7 Å². The zero-order valence-electron chi connectivity index (χ0n) is 10.6. The van der Waals surface area contributed by atoms with Crippen LogP contribution in [-0.2, 0) is 11.3 Å². The lowest BCUT2D eigenvalue weighted by molar-refractivity contribution is 0.0818. The first-order valence-corrected chi connectivity index (χ1v) is 6.22. The number of aryl methyl sites for hydroxylation is 1. The van der Waals surface area contributed by atoms with Crippen LogP contribution >= 0.6 is 0 Å². The minimum absolute atomic E-state index is 0.112. The summed E-state index contributed by atoms with van der Waals surface area (Å²) in [6.07, 6.45) is 2.53. The molecule has 0 amide bonds. The zero-order chi connectivity index (χ0) is 12.3. The Hall–Kier alpha value is -1.06. The van der Waals surface area contributed by atoms with Gasteiger partial charge in [-0.2, -0.15) is 0 Å². The van der Waals surface area contributed by atoms with Crippen molar-refractivity contribution in [3.8, 4) is 0 Å². The molecule has 0 spiro atoms. The van der Waals surface area contributed by atoms with Gasteiger partial charge in [-0.25, -0.2) is 0 Å². The van der Waals surface area contributed by atoms with Gasteiger partial charge >= 0.3 is 0 Å². The van der Waals surface area contributed by atoms with Crippen LogP contribution in [0.15, 0.2) is 18.2 Å². The Morgan fingerprint density at radius 2 is 2.06 bits per heavy atom. The molecule has 1 N–H and O–H groups in total. The number of piperidine rings is 1. The Kier molecular flexibility index (Phi) is 4.02. The Bertz CT molecular complexity index is 370. The number of methoxy groups -OCH3 is 1. The molecular formula is C14H21NO2. The van der Waals surface area contributed by atoms with Gasteiger partial charge in [0.15, 0.2) is 0 Å². The van der Waals surface area contributed by atoms with E-state index in [2.05, 4.69) is 30.0 Å². The molecule has 17 heavy (non-hydrogen) atoms. The van der Waals surface area contributed by atoms with Crippen LogP contribution in [0.2, 0.25) is 0 Å². The van der Waals surface area contributed by atoms with E-state index in [1.165, 1.54) is 11.3 Å². The normalized spacial score (nSPS) is 17.5. The molecule has 94 valence electrons. The van der Waals surface area contributed by atoms with Crippen molar-refractivity contribution >= 4 is 5.69 Å². The molecule has 0 radical (unpaired) electrons. The van der Waals surface area contributed by atoms with Crippen molar-refractivity contribution in [3.63, 3.8) is 0 Å². The molecule has 1 aromatic rings. The summed E-state index contributed by atoms with van der Waals surface area (Å²) in [6, 6.07) is 6.29. The third kappa shape index (κ3) is 2.79. The van der Waals surface area contributed by atoms with Gasteiger partial charge in [-0.15, -0.1) is 0 Å². The van der Waals surface area contributed by atoms with Crippen LogP contribution in [0, 0.1) is 6.92 Å². The minimum Gasteiger partial charge on any atom is -0.392 e. The first-order chi connectivity index (χ1) is 8.24. The van der Waals surface area contributed by atoms with E-state index in [0.29, 0.717) is 6.10 Å². The molecule has 0 aliphatic carbocycles. The number of ether oxygens (including phenoxy) is 1. The van der Waals surface area contributed by atoms with Crippen LogP contribution in [0.1, 0.15) is 24.0 Å². The first kappa shape index (κ1) is 12.4. The number of nitrogens with zero attached hydrogens (tertiary/aromatic N) is 1. The quantitative estimate of drug-likeness (QED) is 0.871. The predicted octanol–water partition coefficient (Wildman–Crippen LogP) is 2.10. The molecule has 0 aromatic heterocycles. The standard InChI is InChI=1S/C14H21NO2/c1-11-3-4-14(12(9-11)10-16)15-7-5-13(17-2)6-8-15/h3-4,9,13,16H,5-8,10H2,1-2H3. The molecule has 3 nitrogen and oxygen atoms in total. The Balaban J connectivity index is 2.12. The molecule has 1 aliphatic heterocycles. The highest BCUT2D eigenvalue weighted by Crippen LogP contribution is 2.26. The number of anilines is 1. The maximum absolute atomic E-state index is 9.42. The van der Waals surface area contributed by atoms with E-state index < -0.39 is 0 Å². The van der Waals surface area contributed by atoms with E-state index in [1.54, 1.807) is 7.11 Å². The largest absolute Gasteiger partial charge is 0.392 e. The molecule has 1 saturated heterocycles. The molecule has 0 unspecified atom stereocenters. The fraction of sp³-hybridized carbons (Fsp3) is 0.571. The lowest BCUT2D eigenvalue weighted by Gasteiger charge is -2.34. The van der Waals surface area contributed by atoms with E-state index >= 15 is 0 Å². The fourth-order valence-corrected chi connectivity index (χ4v) is 2.48. The Morgan fingerprint density at radius 3 is 2.65 bits per heavy atom. The van der Waals surface area contributed by atoms with Gasteiger partial charge in [0.25, 0.3) is 0 Å². The monoisotopic (exact) mass is 235 g/mol. The second-order valence-electron chi connectivity index (χ2n) is 4.71. The third-order valence-corrected chi connectivity index (χ3v) is 3.52. The highest BCUT2D eigenvalue weighted by molar-refractivity contribution is 5.55. The highest BCUT2D eigenvalue weighted by atomic mass is 16.5. The average molecular weight is 235 g/mol. The van der Waals surface area contributed by atoms with Crippen molar-refractivity contribution in [3.05, 3.63) is 29.3 Å². The zero-order valence-corrected chi connectivity index (χ0v) is 10.6. The van der Waals surface area contributed by atoms with Crippen molar-refractivity contribution in [2.45, 2.75) is 32.5 Å². The van der Waals surface area contributed by atoms with Crippen molar-refractivity contribution in [1.82, 2.24) is 0 Å². The summed E-state index contributed by atoms with van der Waals surface area (Å²) >= 11 is 0. The van der Waals surface area contributed by atoms with Gasteiger partial charge in [-0.3, -0.25) is 0 Å². The second-order valence-corrected chi connectivity index (χ2v) is 4.71. The highest BCUT2D eigenvalue weighted by Gasteiger charge is 2.20. The van der Waals surface area contributed by atoms with Crippen LogP contribution in [0.25, 0.3) is 0 Å². The van der Waals surface area contributed by atoms with E-state index in [9.17, 15) is 5.11 Å². The van der Waals surface area contributed by atoms with E-state index in [-0.39, 0.29) is 6.61 Å². The van der Waals surface area contributed by atoms with Gasteiger partial charge in [0.2, 0.25) is 0 Å². The molecule has 1 aliphatic rings. The lowest BCUT2D eigenvalue weighted by Crippen LogP contribution is -2.37. The number of hydrogen-bond acceptors (Lipinski definition) is 3. The summed E-state index contributed by atoms with van der Waals surface area (Å²) in [5.74, 6) is 0. The molecule has 2 rings (SSSR count). The molecule has 0 saturated carbocycles. The number of aliphatic hydroxyl groups is 1. The van der Waals surface area contributed by atoms with Crippen LogP contribution in [0.5, 0.6) is 0 Å². The number of benzene rings is 1. The van der Waals surface area contributed by atoms with E-state index in [4.69, 9.17) is 4.74 Å². The van der Waals surface area contributed by atoms with Gasteiger partial charge < -0.3 is 14.7 Å². The maximum Gasteiger partial charge on any atom is 0.0702 e. The number of rotatable bonds is 3. The Labute approximate surface area is 103 Å². The first-order valence-electron chi connectivity index (χ1n) is 6.22. The van der Waals surface area contributed by atoms with Gasteiger partial charge in [0.1, 0.15) is 0 Å². The van der Waals surface area contributed by atoms with Crippen LogP contribution in [0.3, 0.4) is 0 Å². The molecule has 3 heteroatoms. The Morgan fingerprint density at radius 1 is 1.35 bits per heavy atom. The van der Waals surface area contributed by atoms with E-state index in [0.717, 1.165) is 31.5 Å². The number of aliphatic hydroxyl groups excluding tert-OH is 1. The van der Waals surface area contributed by atoms with Crippen molar-refractivity contribution < 1.29 is 9.84 Å². The van der Waals surface area contributed by atoms with Crippen molar-refractivity contribution in [2.24, 2.45) is 0 Å². The van der Waals surface area contributed by atoms with Gasteiger partial charge in [-0.1, -0.05) is 17.7 Å². The number of hydrogen-bond donors (Lipinski definition) is 1. The minimum atomic E-state index is 0.112. The summed E-state index contributed by atoms with van der Waals surface area (Å²) < 4.78 is 5.37. The third-order valence-electron chi connectivity index (χ3n) is 3.52. The molecule has 1 heterocycles. The molecule has 1 fully saturated rings. The van der Waals surface area contributed by atoms with Gasteiger partial charge in [0.05, 0.1) is 12.7 Å². The van der Waals surface area contributed by atoms with Crippen molar-refractivity contribution in [1.29, 1.82) is 0 Å². The summed E-state index contributed by atoms with van der Waals surface area (Å²) in [4.78, 5) is 2.35. The maximum atomic E-state index is 9.42. The summed E-state index contributed by atoms with van der Waals surface area (Å²) in [5, 5.41) is 9.42. The van der Waals surface area contributed by atoms with E-state index in [1.807, 2.05) is 0 Å². The molecule has 1 aromatic carbocycles. The molecule has 0 atom stereocenters. The van der Waals surface area contributed by atoms with Gasteiger partial charge in [-0.05, 0) is 25.8 Å². The lowest BCUT2D eigenvalue weighted by atomic mass is 10.0. The molecule has 0 bridgehead atoms. The summed E-state index contributed by atoms with van der Waals surface area (Å²) in [7, 11) is 1.78. The fourth-order valence-electron chi connectivity index (χ4n) is 2.48. The summed E-state index contributed by atoms with van der Waals surface area (Å²) in [5.41, 5.74) is 3.40. The van der Waals surface area contributed by atoms with Gasteiger partial charge in [0, 0.05) is 31.5 Å².